The molecule has 4 nitrogen and oxygen atoms in total. The molecule has 0 bridgehead atoms. The molecule has 2 rings (SSSR count). The molecule has 2 N–H and O–H groups in total. The minimum atomic E-state index is -0.719. The molecule has 0 saturated carbocycles. The predicted octanol–water partition coefficient (Wildman–Crippen LogP) is 2.81. The van der Waals surface area contributed by atoms with Crippen LogP contribution >= 0.6 is 23.2 Å². The topological polar surface area (TPSA) is 50.4 Å². The summed E-state index contributed by atoms with van der Waals surface area (Å²) < 4.78 is 5.54. The largest absolute Gasteiger partial charge is 0.368 e. The SMILES string of the molecule is COC1(C(=O)NC(C)Cc2ccc(Cl)cc2Cl)CCNCC1. The molecule has 1 heterocycles. The van der Waals surface area contributed by atoms with E-state index in [0.29, 0.717) is 29.3 Å². The van der Waals surface area contributed by atoms with Gasteiger partial charge in [-0.3, -0.25) is 4.79 Å². The quantitative estimate of drug-likeness (QED) is 0.863. The summed E-state index contributed by atoms with van der Waals surface area (Å²) in [4.78, 5) is 12.6. The fourth-order valence-electron chi connectivity index (χ4n) is 2.78. The van der Waals surface area contributed by atoms with Gasteiger partial charge in [0.05, 0.1) is 0 Å². The number of halogens is 2. The number of methoxy groups -OCH3 is 1. The first kappa shape index (κ1) is 17.5. The first-order chi connectivity index (χ1) is 10.5. The van der Waals surface area contributed by atoms with Crippen LogP contribution in [-0.2, 0) is 16.0 Å². The summed E-state index contributed by atoms with van der Waals surface area (Å²) in [6.45, 7) is 3.55. The monoisotopic (exact) mass is 344 g/mol. The van der Waals surface area contributed by atoms with Gasteiger partial charge in [0.1, 0.15) is 5.60 Å². The van der Waals surface area contributed by atoms with Crippen LogP contribution in [0.5, 0.6) is 0 Å². The third kappa shape index (κ3) is 4.13. The van der Waals surface area contributed by atoms with Gasteiger partial charge in [-0.2, -0.15) is 0 Å². The van der Waals surface area contributed by atoms with Crippen LogP contribution in [0.4, 0.5) is 0 Å². The molecule has 1 amide bonds. The molecular weight excluding hydrogens is 323 g/mol. The summed E-state index contributed by atoms with van der Waals surface area (Å²) in [5, 5.41) is 7.52. The van der Waals surface area contributed by atoms with Crippen molar-refractivity contribution < 1.29 is 9.53 Å². The maximum Gasteiger partial charge on any atom is 0.252 e. The summed E-state index contributed by atoms with van der Waals surface area (Å²) in [5.41, 5.74) is 0.249. The molecule has 6 heteroatoms. The molecule has 1 aliphatic heterocycles. The highest BCUT2D eigenvalue weighted by atomic mass is 35.5. The van der Waals surface area contributed by atoms with Gasteiger partial charge in [0.25, 0.3) is 5.91 Å². The molecule has 0 radical (unpaired) electrons. The zero-order chi connectivity index (χ0) is 16.2. The zero-order valence-electron chi connectivity index (χ0n) is 12.9. The summed E-state index contributed by atoms with van der Waals surface area (Å²) in [6, 6.07) is 5.38. The lowest BCUT2D eigenvalue weighted by molar-refractivity contribution is -0.147. The maximum atomic E-state index is 12.6. The molecule has 1 saturated heterocycles. The van der Waals surface area contributed by atoms with Crippen molar-refractivity contribution in [2.75, 3.05) is 20.2 Å². The Bertz CT molecular complexity index is 531. The lowest BCUT2D eigenvalue weighted by Gasteiger charge is -2.35. The second-order valence-corrected chi connectivity index (χ2v) is 6.61. The van der Waals surface area contributed by atoms with E-state index in [1.54, 1.807) is 19.2 Å². The molecule has 1 aliphatic rings. The Labute approximate surface area is 141 Å². The van der Waals surface area contributed by atoms with Crippen LogP contribution < -0.4 is 10.6 Å². The Morgan fingerprint density at radius 3 is 2.68 bits per heavy atom. The number of piperidine rings is 1. The van der Waals surface area contributed by atoms with Gasteiger partial charge in [0, 0.05) is 23.2 Å². The molecule has 0 spiro atoms. The van der Waals surface area contributed by atoms with E-state index < -0.39 is 5.60 Å². The van der Waals surface area contributed by atoms with E-state index in [-0.39, 0.29) is 11.9 Å². The lowest BCUT2D eigenvalue weighted by Crippen LogP contribution is -2.55. The number of benzene rings is 1. The van der Waals surface area contributed by atoms with Crippen LogP contribution in [0.25, 0.3) is 0 Å². The number of hydrogen-bond acceptors (Lipinski definition) is 3. The average molecular weight is 345 g/mol. The highest BCUT2D eigenvalue weighted by Gasteiger charge is 2.40. The number of carbonyl (C=O) groups is 1. The fraction of sp³-hybridized carbons (Fsp3) is 0.562. The molecule has 122 valence electrons. The van der Waals surface area contributed by atoms with Gasteiger partial charge in [-0.05, 0) is 57.0 Å². The first-order valence-corrected chi connectivity index (χ1v) is 8.23. The van der Waals surface area contributed by atoms with Crippen molar-refractivity contribution in [1.82, 2.24) is 10.6 Å². The van der Waals surface area contributed by atoms with Crippen LogP contribution in [0.15, 0.2) is 18.2 Å². The summed E-state index contributed by atoms with van der Waals surface area (Å²) in [6.07, 6.45) is 2.02. The number of hydrogen-bond donors (Lipinski definition) is 2. The third-order valence-electron chi connectivity index (χ3n) is 4.13. The van der Waals surface area contributed by atoms with Crippen molar-refractivity contribution in [2.24, 2.45) is 0 Å². The summed E-state index contributed by atoms with van der Waals surface area (Å²) in [7, 11) is 1.60. The Balaban J connectivity index is 1.98. The van der Waals surface area contributed by atoms with Crippen molar-refractivity contribution in [1.29, 1.82) is 0 Å². The van der Waals surface area contributed by atoms with Crippen LogP contribution in [0.3, 0.4) is 0 Å². The van der Waals surface area contributed by atoms with Crippen molar-refractivity contribution in [3.05, 3.63) is 33.8 Å². The molecular formula is C16H22Cl2N2O2. The van der Waals surface area contributed by atoms with E-state index in [9.17, 15) is 4.79 Å². The number of rotatable bonds is 5. The Morgan fingerprint density at radius 2 is 2.09 bits per heavy atom. The Hall–Kier alpha value is -0.810. The molecule has 1 fully saturated rings. The smallest absolute Gasteiger partial charge is 0.252 e. The molecule has 1 atom stereocenters. The van der Waals surface area contributed by atoms with Crippen LogP contribution in [0, 0.1) is 0 Å². The molecule has 1 unspecified atom stereocenters. The van der Waals surface area contributed by atoms with Crippen molar-refractivity contribution >= 4 is 29.1 Å². The molecule has 1 aromatic rings. The van der Waals surface area contributed by atoms with Crippen molar-refractivity contribution in [3.63, 3.8) is 0 Å². The number of carbonyl (C=O) groups excluding carboxylic acids is 1. The second kappa shape index (κ2) is 7.64. The van der Waals surface area contributed by atoms with Gasteiger partial charge in [0.2, 0.25) is 0 Å². The van der Waals surface area contributed by atoms with Gasteiger partial charge in [-0.25, -0.2) is 0 Å². The second-order valence-electron chi connectivity index (χ2n) is 5.76. The fourth-order valence-corrected chi connectivity index (χ4v) is 3.26. The van der Waals surface area contributed by atoms with E-state index in [1.165, 1.54) is 0 Å². The van der Waals surface area contributed by atoms with E-state index in [4.69, 9.17) is 27.9 Å². The van der Waals surface area contributed by atoms with Gasteiger partial charge in [-0.1, -0.05) is 29.3 Å². The lowest BCUT2D eigenvalue weighted by atomic mass is 9.90. The van der Waals surface area contributed by atoms with Crippen LogP contribution in [-0.4, -0.2) is 37.7 Å². The van der Waals surface area contributed by atoms with Crippen LogP contribution in [0.1, 0.15) is 25.3 Å². The van der Waals surface area contributed by atoms with Crippen LogP contribution in [0.2, 0.25) is 10.0 Å². The third-order valence-corrected chi connectivity index (χ3v) is 4.72. The normalized spacial score (nSPS) is 18.7. The van der Waals surface area contributed by atoms with Gasteiger partial charge in [-0.15, -0.1) is 0 Å². The number of ether oxygens (including phenoxy) is 1. The van der Waals surface area contributed by atoms with Gasteiger partial charge in [0.15, 0.2) is 0 Å². The summed E-state index contributed by atoms with van der Waals surface area (Å²) >= 11 is 12.1. The summed E-state index contributed by atoms with van der Waals surface area (Å²) in [5.74, 6) is -0.0471. The zero-order valence-corrected chi connectivity index (χ0v) is 14.4. The van der Waals surface area contributed by atoms with E-state index in [0.717, 1.165) is 18.7 Å². The number of nitrogens with one attached hydrogen (secondary N) is 2. The highest BCUT2D eigenvalue weighted by molar-refractivity contribution is 6.35. The van der Waals surface area contributed by atoms with Crippen molar-refractivity contribution in [2.45, 2.75) is 37.8 Å². The molecule has 0 aliphatic carbocycles. The standard InChI is InChI=1S/C16H22Cl2N2O2/c1-11(9-12-3-4-13(17)10-14(12)18)20-15(21)16(22-2)5-7-19-8-6-16/h3-4,10-11,19H,5-9H2,1-2H3,(H,20,21). The molecule has 0 aromatic heterocycles. The minimum Gasteiger partial charge on any atom is -0.368 e. The van der Waals surface area contributed by atoms with Gasteiger partial charge < -0.3 is 15.4 Å². The predicted molar refractivity (Wildman–Crippen MR) is 89.6 cm³/mol. The Kier molecular flexibility index (Phi) is 6.09. The van der Waals surface area contributed by atoms with Gasteiger partial charge >= 0.3 is 0 Å². The molecule has 22 heavy (non-hydrogen) atoms. The maximum absolute atomic E-state index is 12.6. The van der Waals surface area contributed by atoms with Crippen molar-refractivity contribution in [3.8, 4) is 0 Å². The van der Waals surface area contributed by atoms with E-state index in [2.05, 4.69) is 10.6 Å². The number of amides is 1. The highest BCUT2D eigenvalue weighted by Crippen LogP contribution is 2.24. The molecule has 1 aromatic carbocycles. The van der Waals surface area contributed by atoms with E-state index >= 15 is 0 Å². The first-order valence-electron chi connectivity index (χ1n) is 7.47. The minimum absolute atomic E-state index is 0.0342. The Morgan fingerprint density at radius 1 is 1.41 bits per heavy atom. The van der Waals surface area contributed by atoms with E-state index in [1.807, 2.05) is 13.0 Å². The average Bonchev–Trinajstić information content (AvgIpc) is 2.50.